The van der Waals surface area contributed by atoms with Gasteiger partial charge in [0.1, 0.15) is 22.9 Å². The van der Waals surface area contributed by atoms with E-state index in [1.807, 2.05) is 0 Å². The number of hydrogen-bond donors (Lipinski definition) is 1. The predicted octanol–water partition coefficient (Wildman–Crippen LogP) is 2.40. The Labute approximate surface area is 116 Å². The molecule has 0 radical (unpaired) electrons. The van der Waals surface area contributed by atoms with E-state index in [1.54, 1.807) is 13.8 Å². The number of benzene rings is 1. The van der Waals surface area contributed by atoms with Crippen LogP contribution in [0.15, 0.2) is 18.2 Å². The van der Waals surface area contributed by atoms with Crippen molar-refractivity contribution in [3.63, 3.8) is 0 Å². The fourth-order valence-corrected chi connectivity index (χ4v) is 1.64. The quantitative estimate of drug-likeness (QED) is 0.618. The van der Waals surface area contributed by atoms with E-state index < -0.39 is 23.1 Å². The van der Waals surface area contributed by atoms with Crippen molar-refractivity contribution in [1.82, 2.24) is 0 Å². The Morgan fingerprint density at radius 3 is 2.45 bits per heavy atom. The van der Waals surface area contributed by atoms with Gasteiger partial charge in [-0.2, -0.15) is 0 Å². The molecule has 20 heavy (non-hydrogen) atoms. The highest BCUT2D eigenvalue weighted by molar-refractivity contribution is 5.79. The summed E-state index contributed by atoms with van der Waals surface area (Å²) >= 11 is 0. The van der Waals surface area contributed by atoms with Gasteiger partial charge in [-0.05, 0) is 26.7 Å². The van der Waals surface area contributed by atoms with Gasteiger partial charge in [0.15, 0.2) is 0 Å². The van der Waals surface area contributed by atoms with Crippen molar-refractivity contribution in [2.75, 3.05) is 13.2 Å². The first-order valence-electron chi connectivity index (χ1n) is 6.40. The maximum absolute atomic E-state index is 12.9. The van der Waals surface area contributed by atoms with E-state index in [-0.39, 0.29) is 19.0 Å². The summed E-state index contributed by atoms with van der Waals surface area (Å²) in [7, 11) is 0. The lowest BCUT2D eigenvalue weighted by molar-refractivity contribution is -0.149. The number of halogens is 2. The number of hydrogen-bond acceptors (Lipinski definition) is 4. The standard InChI is InChI=1S/C14H19F2NO3/c1-3-19-13(18)14(2,17)5-4-6-20-12-8-10(15)7-11(16)9-12/h7-9H,3-6,17H2,1-2H3. The number of carbonyl (C=O) groups is 1. The molecule has 2 N–H and O–H groups in total. The Morgan fingerprint density at radius 2 is 1.90 bits per heavy atom. The second kappa shape index (κ2) is 7.19. The van der Waals surface area contributed by atoms with Gasteiger partial charge in [0, 0.05) is 18.2 Å². The van der Waals surface area contributed by atoms with Gasteiger partial charge in [-0.15, -0.1) is 0 Å². The lowest BCUT2D eigenvalue weighted by Gasteiger charge is -2.22. The maximum Gasteiger partial charge on any atom is 0.325 e. The molecule has 0 saturated carbocycles. The van der Waals surface area contributed by atoms with Crippen molar-refractivity contribution in [2.45, 2.75) is 32.2 Å². The average molecular weight is 287 g/mol. The molecule has 1 aromatic carbocycles. The maximum atomic E-state index is 12.9. The Bertz CT molecular complexity index is 443. The van der Waals surface area contributed by atoms with E-state index in [4.69, 9.17) is 15.2 Å². The molecule has 0 bridgehead atoms. The summed E-state index contributed by atoms with van der Waals surface area (Å²) in [6, 6.07) is 2.96. The van der Waals surface area contributed by atoms with E-state index >= 15 is 0 Å². The lowest BCUT2D eigenvalue weighted by Crippen LogP contribution is -2.46. The third-order valence-electron chi connectivity index (χ3n) is 2.69. The Balaban J connectivity index is 2.39. The van der Waals surface area contributed by atoms with Gasteiger partial charge in [0.05, 0.1) is 13.2 Å². The highest BCUT2D eigenvalue weighted by atomic mass is 19.1. The molecule has 1 atom stereocenters. The first-order chi connectivity index (χ1) is 9.35. The Morgan fingerprint density at radius 1 is 1.30 bits per heavy atom. The zero-order valence-corrected chi connectivity index (χ0v) is 11.6. The molecule has 0 fully saturated rings. The first-order valence-corrected chi connectivity index (χ1v) is 6.40. The number of nitrogens with two attached hydrogens (primary N) is 1. The minimum atomic E-state index is -1.09. The average Bonchev–Trinajstić information content (AvgIpc) is 2.34. The van der Waals surface area contributed by atoms with Gasteiger partial charge in [0.25, 0.3) is 0 Å². The summed E-state index contributed by atoms with van der Waals surface area (Å²) in [4.78, 5) is 11.5. The molecule has 0 spiro atoms. The van der Waals surface area contributed by atoms with E-state index in [2.05, 4.69) is 0 Å². The fraction of sp³-hybridized carbons (Fsp3) is 0.500. The third-order valence-corrected chi connectivity index (χ3v) is 2.69. The molecule has 0 amide bonds. The van der Waals surface area contributed by atoms with Crippen molar-refractivity contribution >= 4 is 5.97 Å². The van der Waals surface area contributed by atoms with Gasteiger partial charge >= 0.3 is 5.97 Å². The summed E-state index contributed by atoms with van der Waals surface area (Å²) in [6.45, 7) is 3.75. The van der Waals surface area contributed by atoms with E-state index in [1.165, 1.54) is 0 Å². The van der Waals surface area contributed by atoms with Gasteiger partial charge in [-0.1, -0.05) is 0 Å². The molecule has 0 aromatic heterocycles. The van der Waals surface area contributed by atoms with Gasteiger partial charge < -0.3 is 15.2 Å². The van der Waals surface area contributed by atoms with Crippen LogP contribution in [0.2, 0.25) is 0 Å². The van der Waals surface area contributed by atoms with Crippen LogP contribution < -0.4 is 10.5 Å². The molecule has 112 valence electrons. The summed E-state index contributed by atoms with van der Waals surface area (Å²) in [5, 5.41) is 0. The van der Waals surface area contributed by atoms with E-state index in [0.29, 0.717) is 12.8 Å². The van der Waals surface area contributed by atoms with Crippen molar-refractivity contribution in [2.24, 2.45) is 5.73 Å². The molecule has 0 aliphatic heterocycles. The van der Waals surface area contributed by atoms with Gasteiger partial charge in [-0.25, -0.2) is 8.78 Å². The Hall–Kier alpha value is -1.69. The highest BCUT2D eigenvalue weighted by Gasteiger charge is 2.29. The summed E-state index contributed by atoms with van der Waals surface area (Å²) < 4.78 is 35.9. The number of esters is 1. The Kier molecular flexibility index (Phi) is 5.88. The van der Waals surface area contributed by atoms with Gasteiger partial charge in [0.2, 0.25) is 0 Å². The van der Waals surface area contributed by atoms with Crippen LogP contribution in [0.25, 0.3) is 0 Å². The van der Waals surface area contributed by atoms with Crippen LogP contribution in [0.3, 0.4) is 0 Å². The molecule has 6 heteroatoms. The molecule has 0 saturated heterocycles. The van der Waals surface area contributed by atoms with Crippen molar-refractivity contribution in [3.8, 4) is 5.75 Å². The minimum Gasteiger partial charge on any atom is -0.493 e. The number of ether oxygens (including phenoxy) is 2. The highest BCUT2D eigenvalue weighted by Crippen LogP contribution is 2.17. The van der Waals surface area contributed by atoms with Crippen LogP contribution in [0.5, 0.6) is 5.75 Å². The molecular weight excluding hydrogens is 268 g/mol. The number of carbonyl (C=O) groups excluding carboxylic acids is 1. The molecular formula is C14H19F2NO3. The monoisotopic (exact) mass is 287 g/mol. The van der Waals surface area contributed by atoms with Crippen LogP contribution >= 0.6 is 0 Å². The topological polar surface area (TPSA) is 61.5 Å². The van der Waals surface area contributed by atoms with Crippen LogP contribution in [0, 0.1) is 11.6 Å². The SMILES string of the molecule is CCOC(=O)C(C)(N)CCCOc1cc(F)cc(F)c1. The first kappa shape index (κ1) is 16.4. The van der Waals surface area contributed by atoms with Crippen molar-refractivity contribution in [3.05, 3.63) is 29.8 Å². The van der Waals surface area contributed by atoms with E-state index in [0.717, 1.165) is 18.2 Å². The zero-order chi connectivity index (χ0) is 15.2. The molecule has 4 nitrogen and oxygen atoms in total. The molecule has 1 rings (SSSR count). The molecule has 0 heterocycles. The minimum absolute atomic E-state index is 0.109. The molecule has 0 aliphatic carbocycles. The smallest absolute Gasteiger partial charge is 0.325 e. The largest absolute Gasteiger partial charge is 0.493 e. The van der Waals surface area contributed by atoms with E-state index in [9.17, 15) is 13.6 Å². The van der Waals surface area contributed by atoms with Gasteiger partial charge in [-0.3, -0.25) is 4.79 Å². The molecule has 1 unspecified atom stereocenters. The van der Waals surface area contributed by atoms with Crippen LogP contribution in [0.4, 0.5) is 8.78 Å². The van der Waals surface area contributed by atoms with Crippen LogP contribution in [-0.4, -0.2) is 24.7 Å². The summed E-state index contributed by atoms with van der Waals surface area (Å²) in [5.41, 5.74) is 4.73. The molecule has 1 aromatic rings. The van der Waals surface area contributed by atoms with Crippen molar-refractivity contribution < 1.29 is 23.0 Å². The molecule has 0 aliphatic rings. The second-order valence-corrected chi connectivity index (χ2v) is 4.70. The summed E-state index contributed by atoms with van der Waals surface area (Å²) in [5.74, 6) is -1.76. The lowest BCUT2D eigenvalue weighted by atomic mass is 9.98. The summed E-state index contributed by atoms with van der Waals surface area (Å²) in [6.07, 6.45) is 0.813. The zero-order valence-electron chi connectivity index (χ0n) is 11.6. The van der Waals surface area contributed by atoms with Crippen LogP contribution in [-0.2, 0) is 9.53 Å². The normalized spacial score (nSPS) is 13.7. The third kappa shape index (κ3) is 5.13. The van der Waals surface area contributed by atoms with Crippen LogP contribution in [0.1, 0.15) is 26.7 Å². The number of rotatable bonds is 7. The fourth-order valence-electron chi connectivity index (χ4n) is 1.64. The second-order valence-electron chi connectivity index (χ2n) is 4.70. The van der Waals surface area contributed by atoms with Crippen molar-refractivity contribution in [1.29, 1.82) is 0 Å². The predicted molar refractivity (Wildman–Crippen MR) is 70.3 cm³/mol.